The number of rotatable bonds is 4. The second kappa shape index (κ2) is 6.48. The maximum absolute atomic E-state index is 13.0. The molecule has 0 bridgehead atoms. The Bertz CT molecular complexity index is 679. The van der Waals surface area contributed by atoms with Crippen LogP contribution in [0.4, 0.5) is 4.39 Å². The Balaban J connectivity index is 2.39. The molecule has 0 aliphatic rings. The Morgan fingerprint density at radius 1 is 1.36 bits per heavy atom. The molecule has 0 radical (unpaired) electrons. The van der Waals surface area contributed by atoms with E-state index in [2.05, 4.69) is 5.10 Å². The molecule has 118 valence electrons. The molecular weight excluding hydrogens is 305 g/mol. The Labute approximate surface area is 134 Å². The topological polar surface area (TPSA) is 38.1 Å². The van der Waals surface area contributed by atoms with Gasteiger partial charge in [0.15, 0.2) is 0 Å². The van der Waals surface area contributed by atoms with Gasteiger partial charge in [-0.3, -0.25) is 4.79 Å². The Morgan fingerprint density at radius 2 is 1.95 bits per heavy atom. The average molecular weight is 324 g/mol. The van der Waals surface area contributed by atoms with E-state index in [1.165, 1.54) is 16.8 Å². The molecule has 0 saturated carbocycles. The third kappa shape index (κ3) is 3.30. The molecule has 0 aliphatic carbocycles. The summed E-state index contributed by atoms with van der Waals surface area (Å²) in [7, 11) is 1.74. The van der Waals surface area contributed by atoms with Crippen LogP contribution in [0, 0.1) is 18.7 Å². The van der Waals surface area contributed by atoms with E-state index in [1.54, 1.807) is 31.0 Å². The minimum absolute atomic E-state index is 0.162. The van der Waals surface area contributed by atoms with Crippen LogP contribution < -0.4 is 0 Å². The van der Waals surface area contributed by atoms with Crippen LogP contribution in [0.25, 0.3) is 5.69 Å². The highest BCUT2D eigenvalue weighted by Gasteiger charge is 2.24. The summed E-state index contributed by atoms with van der Waals surface area (Å²) in [6.45, 7) is 6.46. The lowest BCUT2D eigenvalue weighted by molar-refractivity contribution is 0.0778. The number of hydrogen-bond acceptors (Lipinski definition) is 2. The quantitative estimate of drug-likeness (QED) is 0.860. The Morgan fingerprint density at radius 3 is 2.50 bits per heavy atom. The van der Waals surface area contributed by atoms with Crippen molar-refractivity contribution in [3.8, 4) is 5.69 Å². The molecule has 0 atom stereocenters. The summed E-state index contributed by atoms with van der Waals surface area (Å²) in [6, 6.07) is 5.80. The van der Waals surface area contributed by atoms with Crippen LogP contribution in [0.2, 0.25) is 5.15 Å². The van der Waals surface area contributed by atoms with Crippen molar-refractivity contribution in [2.24, 2.45) is 5.92 Å². The maximum atomic E-state index is 13.0. The normalized spacial score (nSPS) is 11.0. The Hall–Kier alpha value is -1.88. The van der Waals surface area contributed by atoms with Crippen molar-refractivity contribution in [2.75, 3.05) is 13.6 Å². The van der Waals surface area contributed by atoms with Crippen LogP contribution in [0.3, 0.4) is 0 Å². The van der Waals surface area contributed by atoms with Gasteiger partial charge in [0.2, 0.25) is 0 Å². The summed E-state index contributed by atoms with van der Waals surface area (Å²) in [5, 5.41) is 4.55. The van der Waals surface area contributed by atoms with Gasteiger partial charge >= 0.3 is 0 Å². The summed E-state index contributed by atoms with van der Waals surface area (Å²) in [4.78, 5) is 14.2. The third-order valence-electron chi connectivity index (χ3n) is 3.27. The van der Waals surface area contributed by atoms with Crippen molar-refractivity contribution in [3.05, 3.63) is 46.5 Å². The number of amides is 1. The van der Waals surface area contributed by atoms with Gasteiger partial charge < -0.3 is 4.90 Å². The molecule has 0 unspecified atom stereocenters. The van der Waals surface area contributed by atoms with Crippen LogP contribution in [-0.4, -0.2) is 34.2 Å². The second-order valence-corrected chi connectivity index (χ2v) is 6.08. The van der Waals surface area contributed by atoms with E-state index in [4.69, 9.17) is 11.6 Å². The van der Waals surface area contributed by atoms with Crippen LogP contribution in [0.15, 0.2) is 24.3 Å². The molecule has 0 N–H and O–H groups in total. The van der Waals surface area contributed by atoms with Crippen LogP contribution in [-0.2, 0) is 0 Å². The second-order valence-electron chi connectivity index (χ2n) is 5.72. The highest BCUT2D eigenvalue weighted by molar-refractivity contribution is 6.33. The molecule has 1 aromatic carbocycles. The van der Waals surface area contributed by atoms with Gasteiger partial charge in [0.1, 0.15) is 11.0 Å². The SMILES string of the molecule is Cc1nn(-c2ccc(F)cc2)c(Cl)c1C(=O)N(C)CC(C)C. The van der Waals surface area contributed by atoms with Crippen molar-refractivity contribution in [2.45, 2.75) is 20.8 Å². The number of halogens is 2. The fourth-order valence-electron chi connectivity index (χ4n) is 2.32. The molecule has 0 saturated heterocycles. The van der Waals surface area contributed by atoms with E-state index < -0.39 is 0 Å². The zero-order valence-electron chi connectivity index (χ0n) is 13.1. The van der Waals surface area contributed by atoms with Gasteiger partial charge in [-0.15, -0.1) is 0 Å². The van der Waals surface area contributed by atoms with E-state index in [-0.39, 0.29) is 16.9 Å². The van der Waals surface area contributed by atoms with Gasteiger partial charge in [-0.2, -0.15) is 5.10 Å². The molecule has 2 aromatic rings. The van der Waals surface area contributed by atoms with Crippen molar-refractivity contribution >= 4 is 17.5 Å². The summed E-state index contributed by atoms with van der Waals surface area (Å²) in [6.07, 6.45) is 0. The van der Waals surface area contributed by atoms with Crippen LogP contribution >= 0.6 is 11.6 Å². The molecule has 1 amide bonds. The molecule has 6 heteroatoms. The lowest BCUT2D eigenvalue weighted by Gasteiger charge is -2.19. The van der Waals surface area contributed by atoms with Crippen molar-refractivity contribution in [3.63, 3.8) is 0 Å². The predicted molar refractivity (Wildman–Crippen MR) is 85.1 cm³/mol. The van der Waals surface area contributed by atoms with Crippen molar-refractivity contribution in [1.29, 1.82) is 0 Å². The minimum atomic E-state index is -0.336. The van der Waals surface area contributed by atoms with Crippen molar-refractivity contribution in [1.82, 2.24) is 14.7 Å². The number of nitrogens with zero attached hydrogens (tertiary/aromatic N) is 3. The molecule has 22 heavy (non-hydrogen) atoms. The third-order valence-corrected chi connectivity index (χ3v) is 3.62. The minimum Gasteiger partial charge on any atom is -0.341 e. The number of aryl methyl sites for hydroxylation is 1. The first kappa shape index (κ1) is 16.5. The van der Waals surface area contributed by atoms with Gasteiger partial charge in [-0.05, 0) is 37.1 Å². The molecule has 0 aliphatic heterocycles. The highest BCUT2D eigenvalue weighted by atomic mass is 35.5. The van der Waals surface area contributed by atoms with Crippen LogP contribution in [0.5, 0.6) is 0 Å². The molecule has 1 heterocycles. The molecular formula is C16H19ClFN3O. The van der Waals surface area contributed by atoms with E-state index in [0.717, 1.165) is 0 Å². The lowest BCUT2D eigenvalue weighted by Crippen LogP contribution is -2.30. The van der Waals surface area contributed by atoms with Gasteiger partial charge in [-0.1, -0.05) is 25.4 Å². The fraction of sp³-hybridized carbons (Fsp3) is 0.375. The summed E-state index contributed by atoms with van der Waals surface area (Å²) in [5.74, 6) is -0.138. The smallest absolute Gasteiger partial charge is 0.258 e. The number of aromatic nitrogens is 2. The van der Waals surface area contributed by atoms with Gasteiger partial charge in [-0.25, -0.2) is 9.07 Å². The monoisotopic (exact) mass is 323 g/mol. The first-order chi connectivity index (χ1) is 10.3. The zero-order chi connectivity index (χ0) is 16.4. The Kier molecular flexibility index (Phi) is 4.86. The number of carbonyl (C=O) groups is 1. The van der Waals surface area contributed by atoms with Crippen molar-refractivity contribution < 1.29 is 9.18 Å². The predicted octanol–water partition coefficient (Wildman–Crippen LogP) is 3.70. The van der Waals surface area contributed by atoms with Gasteiger partial charge in [0, 0.05) is 13.6 Å². The molecule has 4 nitrogen and oxygen atoms in total. The first-order valence-corrected chi connectivity index (χ1v) is 7.45. The standard InChI is InChI=1S/C16H19ClFN3O/c1-10(2)9-20(4)16(22)14-11(3)19-21(15(14)17)13-7-5-12(18)6-8-13/h5-8,10H,9H2,1-4H3. The number of carbonyl (C=O) groups excluding carboxylic acids is 1. The average Bonchev–Trinajstić information content (AvgIpc) is 2.73. The summed E-state index contributed by atoms with van der Waals surface area (Å²) in [5.41, 5.74) is 1.55. The zero-order valence-corrected chi connectivity index (χ0v) is 13.9. The molecule has 1 aromatic heterocycles. The molecule has 0 fully saturated rings. The fourth-order valence-corrected chi connectivity index (χ4v) is 2.67. The van der Waals surface area contributed by atoms with Crippen LogP contribution in [0.1, 0.15) is 29.9 Å². The number of hydrogen-bond donors (Lipinski definition) is 0. The van der Waals surface area contributed by atoms with Gasteiger partial charge in [0.25, 0.3) is 5.91 Å². The summed E-state index contributed by atoms with van der Waals surface area (Å²) < 4.78 is 14.5. The van der Waals surface area contributed by atoms with E-state index in [9.17, 15) is 9.18 Å². The van der Waals surface area contributed by atoms with E-state index >= 15 is 0 Å². The van der Waals surface area contributed by atoms with E-state index in [0.29, 0.717) is 29.4 Å². The molecule has 2 rings (SSSR count). The largest absolute Gasteiger partial charge is 0.341 e. The first-order valence-electron chi connectivity index (χ1n) is 7.07. The van der Waals surface area contributed by atoms with E-state index in [1.807, 2.05) is 13.8 Å². The molecule has 0 spiro atoms. The number of benzene rings is 1. The lowest BCUT2D eigenvalue weighted by atomic mass is 10.2. The summed E-state index contributed by atoms with van der Waals surface area (Å²) >= 11 is 6.34. The van der Waals surface area contributed by atoms with Gasteiger partial charge in [0.05, 0.1) is 16.9 Å². The maximum Gasteiger partial charge on any atom is 0.258 e. The highest BCUT2D eigenvalue weighted by Crippen LogP contribution is 2.25.